The van der Waals surface area contributed by atoms with Gasteiger partial charge in [-0.2, -0.15) is 0 Å². The summed E-state index contributed by atoms with van der Waals surface area (Å²) in [7, 11) is 0. The molecule has 1 N–H and O–H groups in total. The fourth-order valence-electron chi connectivity index (χ4n) is 3.47. The van der Waals surface area contributed by atoms with Gasteiger partial charge < -0.3 is 9.73 Å². The number of amides is 1. The summed E-state index contributed by atoms with van der Waals surface area (Å²) < 4.78 is 4.97. The van der Waals surface area contributed by atoms with Gasteiger partial charge in [0.15, 0.2) is 5.76 Å². The third-order valence-corrected chi connectivity index (χ3v) is 4.78. The minimum atomic E-state index is -0.649. The van der Waals surface area contributed by atoms with Gasteiger partial charge in [0.25, 0.3) is 5.91 Å². The van der Waals surface area contributed by atoms with Crippen molar-refractivity contribution in [2.45, 2.75) is 37.5 Å². The number of carbonyl (C=O) groups excluding carboxylic acids is 1. The van der Waals surface area contributed by atoms with Crippen molar-refractivity contribution < 1.29 is 14.1 Å². The van der Waals surface area contributed by atoms with Crippen LogP contribution in [0.5, 0.6) is 0 Å². The van der Waals surface area contributed by atoms with E-state index in [1.54, 1.807) is 0 Å². The van der Waals surface area contributed by atoms with Crippen LogP contribution in [-0.2, 0) is 5.41 Å². The highest BCUT2D eigenvalue weighted by molar-refractivity contribution is 5.91. The minimum absolute atomic E-state index is 0.0271. The molecule has 0 unspecified atom stereocenters. The van der Waals surface area contributed by atoms with Gasteiger partial charge in [0.2, 0.25) is 0 Å². The molecule has 6 heteroatoms. The van der Waals surface area contributed by atoms with Gasteiger partial charge in [0.05, 0.1) is 6.07 Å². The zero-order chi connectivity index (χ0) is 17.0. The largest absolute Gasteiger partial charge is 0.433 e. The van der Waals surface area contributed by atoms with Crippen LogP contribution in [0, 0.1) is 10.1 Å². The zero-order valence-electron chi connectivity index (χ0n) is 13.4. The molecule has 1 fully saturated rings. The molecule has 1 heterocycles. The monoisotopic (exact) mass is 328 g/mol. The van der Waals surface area contributed by atoms with Crippen LogP contribution >= 0.6 is 0 Å². The summed E-state index contributed by atoms with van der Waals surface area (Å²) in [4.78, 5) is 22.3. The molecule has 0 radical (unpaired) electrons. The number of hydrogen-bond donors (Lipinski definition) is 1. The molecule has 1 amide bonds. The third-order valence-electron chi connectivity index (χ3n) is 4.78. The molecule has 2 aromatic rings. The van der Waals surface area contributed by atoms with E-state index in [4.69, 9.17) is 4.42 Å². The predicted molar refractivity (Wildman–Crippen MR) is 88.9 cm³/mol. The molecular weight excluding hydrogens is 308 g/mol. The van der Waals surface area contributed by atoms with E-state index in [-0.39, 0.29) is 11.2 Å². The quantitative estimate of drug-likeness (QED) is 0.668. The molecule has 1 aromatic heterocycles. The van der Waals surface area contributed by atoms with E-state index in [2.05, 4.69) is 17.4 Å². The lowest BCUT2D eigenvalue weighted by molar-refractivity contribution is -0.402. The summed E-state index contributed by atoms with van der Waals surface area (Å²) in [6.07, 6.45) is 5.53. The topological polar surface area (TPSA) is 85.4 Å². The van der Waals surface area contributed by atoms with Crippen LogP contribution < -0.4 is 5.32 Å². The van der Waals surface area contributed by atoms with E-state index < -0.39 is 16.7 Å². The van der Waals surface area contributed by atoms with Crippen LogP contribution in [0.2, 0.25) is 0 Å². The lowest BCUT2D eigenvalue weighted by atomic mass is 9.69. The zero-order valence-corrected chi connectivity index (χ0v) is 13.4. The average Bonchev–Trinajstić information content (AvgIpc) is 3.12. The molecule has 24 heavy (non-hydrogen) atoms. The minimum Gasteiger partial charge on any atom is -0.395 e. The van der Waals surface area contributed by atoms with Crippen LogP contribution in [0.25, 0.3) is 0 Å². The Morgan fingerprint density at radius 2 is 1.83 bits per heavy atom. The fourth-order valence-corrected chi connectivity index (χ4v) is 3.47. The number of nitro groups is 1. The highest BCUT2D eigenvalue weighted by Crippen LogP contribution is 2.39. The molecule has 6 nitrogen and oxygen atoms in total. The predicted octanol–water partition coefficient (Wildman–Crippen LogP) is 3.82. The third kappa shape index (κ3) is 3.32. The van der Waals surface area contributed by atoms with Crippen LogP contribution in [0.3, 0.4) is 0 Å². The Hall–Kier alpha value is -2.63. The molecule has 0 bridgehead atoms. The van der Waals surface area contributed by atoms with Crippen LogP contribution in [0.4, 0.5) is 5.88 Å². The summed E-state index contributed by atoms with van der Waals surface area (Å²) in [6, 6.07) is 12.8. The van der Waals surface area contributed by atoms with Gasteiger partial charge in [-0.25, -0.2) is 0 Å². The fraction of sp³-hybridized carbons (Fsp3) is 0.389. The van der Waals surface area contributed by atoms with Crippen LogP contribution in [0.1, 0.15) is 48.2 Å². The molecule has 1 aromatic carbocycles. The van der Waals surface area contributed by atoms with Gasteiger partial charge in [0, 0.05) is 12.0 Å². The van der Waals surface area contributed by atoms with Gasteiger partial charge >= 0.3 is 5.88 Å². The van der Waals surface area contributed by atoms with Gasteiger partial charge in [-0.05, 0) is 24.5 Å². The van der Waals surface area contributed by atoms with Crippen molar-refractivity contribution in [3.8, 4) is 0 Å². The highest BCUT2D eigenvalue weighted by atomic mass is 16.6. The summed E-state index contributed by atoms with van der Waals surface area (Å²) in [5.41, 5.74) is 1.16. The van der Waals surface area contributed by atoms with Crippen molar-refractivity contribution in [3.05, 3.63) is 63.9 Å². The molecule has 0 saturated heterocycles. The highest BCUT2D eigenvalue weighted by Gasteiger charge is 2.34. The second kappa shape index (κ2) is 6.86. The van der Waals surface area contributed by atoms with Crippen LogP contribution in [0.15, 0.2) is 46.9 Å². The van der Waals surface area contributed by atoms with E-state index in [9.17, 15) is 14.9 Å². The molecule has 3 rings (SSSR count). The molecule has 1 saturated carbocycles. The van der Waals surface area contributed by atoms with Crippen molar-refractivity contribution in [1.82, 2.24) is 5.32 Å². The first-order chi connectivity index (χ1) is 11.6. The summed E-state index contributed by atoms with van der Waals surface area (Å²) >= 11 is 0. The Morgan fingerprint density at radius 1 is 1.12 bits per heavy atom. The van der Waals surface area contributed by atoms with Gasteiger partial charge in [0.1, 0.15) is 4.92 Å². The molecule has 0 atom stereocenters. The van der Waals surface area contributed by atoms with Crippen molar-refractivity contribution in [3.63, 3.8) is 0 Å². The van der Waals surface area contributed by atoms with E-state index in [0.29, 0.717) is 6.54 Å². The Bertz CT molecular complexity index is 718. The normalized spacial score (nSPS) is 16.5. The van der Waals surface area contributed by atoms with E-state index in [1.807, 2.05) is 18.2 Å². The lowest BCUT2D eigenvalue weighted by Crippen LogP contribution is -2.42. The number of hydrogen-bond acceptors (Lipinski definition) is 4. The van der Waals surface area contributed by atoms with Crippen molar-refractivity contribution in [2.75, 3.05) is 6.54 Å². The standard InChI is InChI=1S/C18H20N2O4/c21-17(15-9-10-16(24-15)20(22)23)19-13-18(11-5-2-6-12-18)14-7-3-1-4-8-14/h1,3-4,7-10H,2,5-6,11-13H2,(H,19,21). The SMILES string of the molecule is O=C(NCC1(c2ccccc2)CCCCC1)c1ccc([N+](=O)[O-])o1. The van der Waals surface area contributed by atoms with Crippen LogP contribution in [-0.4, -0.2) is 17.4 Å². The number of rotatable bonds is 5. The first-order valence-electron chi connectivity index (χ1n) is 8.19. The second-order valence-corrected chi connectivity index (χ2v) is 6.28. The molecule has 0 spiro atoms. The van der Waals surface area contributed by atoms with Crippen molar-refractivity contribution >= 4 is 11.8 Å². The van der Waals surface area contributed by atoms with Gasteiger partial charge in [-0.3, -0.25) is 14.9 Å². The summed E-state index contributed by atoms with van der Waals surface area (Å²) in [6.45, 7) is 0.504. The number of benzene rings is 1. The Balaban J connectivity index is 1.73. The molecule has 1 aliphatic rings. The maximum absolute atomic E-state index is 12.3. The first-order valence-corrected chi connectivity index (χ1v) is 8.19. The Morgan fingerprint density at radius 3 is 2.46 bits per heavy atom. The maximum atomic E-state index is 12.3. The van der Waals surface area contributed by atoms with E-state index in [1.165, 1.54) is 24.1 Å². The number of furan rings is 1. The van der Waals surface area contributed by atoms with Crippen molar-refractivity contribution in [2.24, 2.45) is 0 Å². The lowest BCUT2D eigenvalue weighted by Gasteiger charge is -2.38. The Kier molecular flexibility index (Phi) is 4.64. The first kappa shape index (κ1) is 16.2. The van der Waals surface area contributed by atoms with E-state index in [0.717, 1.165) is 25.7 Å². The summed E-state index contributed by atoms with van der Waals surface area (Å²) in [5.74, 6) is -0.861. The number of nitrogens with one attached hydrogen (secondary N) is 1. The smallest absolute Gasteiger partial charge is 0.395 e. The molecule has 0 aliphatic heterocycles. The summed E-state index contributed by atoms with van der Waals surface area (Å²) in [5, 5.41) is 13.6. The maximum Gasteiger partial charge on any atom is 0.433 e. The average molecular weight is 328 g/mol. The molecule has 1 aliphatic carbocycles. The van der Waals surface area contributed by atoms with Gasteiger partial charge in [-0.15, -0.1) is 0 Å². The number of nitrogens with zero attached hydrogens (tertiary/aromatic N) is 1. The second-order valence-electron chi connectivity index (χ2n) is 6.28. The number of carbonyl (C=O) groups is 1. The molecule has 126 valence electrons. The van der Waals surface area contributed by atoms with Gasteiger partial charge in [-0.1, -0.05) is 49.6 Å². The van der Waals surface area contributed by atoms with Crippen molar-refractivity contribution in [1.29, 1.82) is 0 Å². The van der Waals surface area contributed by atoms with E-state index >= 15 is 0 Å². The Labute approximate surface area is 140 Å². The molecular formula is C18H20N2O4.